The van der Waals surface area contributed by atoms with Crippen LogP contribution >= 0.6 is 23.2 Å². The van der Waals surface area contributed by atoms with Crippen molar-refractivity contribution in [3.8, 4) is 6.07 Å². The molecule has 118 valence electrons. The van der Waals surface area contributed by atoms with E-state index in [2.05, 4.69) is 11.4 Å². The van der Waals surface area contributed by atoms with Crippen LogP contribution in [0.2, 0.25) is 10.0 Å². The van der Waals surface area contributed by atoms with E-state index in [9.17, 15) is 4.79 Å². The summed E-state index contributed by atoms with van der Waals surface area (Å²) in [6.07, 6.45) is 0. The monoisotopic (exact) mass is 348 g/mol. The Hall–Kier alpha value is -2.06. The number of benzene rings is 2. The molecule has 0 heterocycles. The van der Waals surface area contributed by atoms with E-state index < -0.39 is 0 Å². The van der Waals surface area contributed by atoms with Crippen LogP contribution in [0.5, 0.6) is 0 Å². The minimum atomic E-state index is -0.161. The fraction of sp³-hybridized carbons (Fsp3) is 0.176. The second-order valence-electron chi connectivity index (χ2n) is 5.26. The van der Waals surface area contributed by atoms with Crippen molar-refractivity contribution in [3.05, 3.63) is 63.6 Å². The first kappa shape index (κ1) is 17.3. The summed E-state index contributed by atoms with van der Waals surface area (Å²) < 4.78 is 0. The van der Waals surface area contributed by atoms with Crippen LogP contribution in [0.1, 0.15) is 11.1 Å². The van der Waals surface area contributed by atoms with Crippen LogP contribution in [0.25, 0.3) is 0 Å². The maximum atomic E-state index is 12.1. The molecule has 1 amide bonds. The van der Waals surface area contributed by atoms with Gasteiger partial charge in [0.05, 0.1) is 34.4 Å². The third-order valence-electron chi connectivity index (χ3n) is 3.28. The van der Waals surface area contributed by atoms with Gasteiger partial charge in [0.1, 0.15) is 6.54 Å². The average Bonchev–Trinajstić information content (AvgIpc) is 2.51. The second-order valence-corrected chi connectivity index (χ2v) is 6.08. The molecule has 23 heavy (non-hydrogen) atoms. The zero-order valence-electron chi connectivity index (χ0n) is 12.6. The van der Waals surface area contributed by atoms with Crippen molar-refractivity contribution in [1.82, 2.24) is 0 Å². The van der Waals surface area contributed by atoms with Crippen molar-refractivity contribution in [1.29, 1.82) is 5.26 Å². The fourth-order valence-electron chi connectivity index (χ4n) is 2.18. The normalized spacial score (nSPS) is 11.6. The molecule has 0 spiro atoms. The smallest absolute Gasteiger partial charge is 0.279 e. The molecule has 6 heteroatoms. The maximum absolute atomic E-state index is 12.1. The molecule has 0 saturated heterocycles. The lowest BCUT2D eigenvalue weighted by atomic mass is 10.1. The van der Waals surface area contributed by atoms with Gasteiger partial charge in [-0.15, -0.1) is 0 Å². The van der Waals surface area contributed by atoms with E-state index >= 15 is 0 Å². The maximum Gasteiger partial charge on any atom is 0.279 e. The third-order valence-corrected chi connectivity index (χ3v) is 3.91. The lowest BCUT2D eigenvalue weighted by molar-refractivity contribution is -0.885. The molecule has 2 rings (SSSR count). The van der Waals surface area contributed by atoms with Gasteiger partial charge in [0.25, 0.3) is 5.91 Å². The quantitative estimate of drug-likeness (QED) is 0.872. The van der Waals surface area contributed by atoms with Gasteiger partial charge in [0.15, 0.2) is 6.54 Å². The molecule has 1 atom stereocenters. The number of anilines is 1. The number of hydrogen-bond acceptors (Lipinski definition) is 2. The summed E-state index contributed by atoms with van der Waals surface area (Å²) in [7, 11) is 1.92. The number of rotatable bonds is 5. The van der Waals surface area contributed by atoms with Gasteiger partial charge in [0, 0.05) is 5.56 Å². The van der Waals surface area contributed by atoms with E-state index in [0.29, 0.717) is 27.8 Å². The molecule has 2 N–H and O–H groups in total. The number of nitrogens with one attached hydrogen (secondary N) is 2. The minimum Gasteiger partial charge on any atom is -0.326 e. The number of nitrogens with zero attached hydrogens (tertiary/aromatic N) is 1. The predicted molar refractivity (Wildman–Crippen MR) is 91.7 cm³/mol. The van der Waals surface area contributed by atoms with E-state index in [1.165, 1.54) is 0 Å². The van der Waals surface area contributed by atoms with E-state index in [1.807, 2.05) is 19.2 Å². The molecule has 0 aliphatic rings. The Bertz CT molecular complexity index is 718. The standard InChI is InChI=1S/C17H15Cl2N3O/c1-22(10-13-7-5-12(9-20)6-8-13)11-16(23)21-17-14(18)3-2-4-15(17)19/h2-8H,10-11H2,1H3,(H,21,23)/p+1. The van der Waals surface area contributed by atoms with E-state index in [1.54, 1.807) is 30.3 Å². The Morgan fingerprint density at radius 3 is 2.35 bits per heavy atom. The second kappa shape index (κ2) is 7.98. The third kappa shape index (κ3) is 4.97. The number of amides is 1. The molecule has 0 bridgehead atoms. The summed E-state index contributed by atoms with van der Waals surface area (Å²) in [4.78, 5) is 13.1. The Morgan fingerprint density at radius 2 is 1.78 bits per heavy atom. The van der Waals surface area contributed by atoms with Crippen molar-refractivity contribution < 1.29 is 9.69 Å². The molecular formula is C17H16Cl2N3O+. The van der Waals surface area contributed by atoms with Crippen LogP contribution in [0.3, 0.4) is 0 Å². The van der Waals surface area contributed by atoms with Gasteiger partial charge in [-0.05, 0) is 24.3 Å². The summed E-state index contributed by atoms with van der Waals surface area (Å²) in [6, 6.07) is 14.5. The van der Waals surface area contributed by atoms with Crippen LogP contribution in [0.4, 0.5) is 5.69 Å². The van der Waals surface area contributed by atoms with Crippen LogP contribution in [-0.4, -0.2) is 19.5 Å². The Kier molecular flexibility index (Phi) is 6.00. The lowest BCUT2D eigenvalue weighted by Crippen LogP contribution is -3.08. The number of quaternary nitrogens is 1. The van der Waals surface area contributed by atoms with E-state index in [0.717, 1.165) is 10.5 Å². The molecule has 0 radical (unpaired) electrons. The number of carbonyl (C=O) groups excluding carboxylic acids is 1. The Balaban J connectivity index is 1.93. The largest absolute Gasteiger partial charge is 0.326 e. The van der Waals surface area contributed by atoms with E-state index in [-0.39, 0.29) is 12.5 Å². The molecule has 1 unspecified atom stereocenters. The molecule has 0 saturated carbocycles. The van der Waals surface area contributed by atoms with E-state index in [4.69, 9.17) is 28.5 Å². The number of nitriles is 1. The van der Waals surface area contributed by atoms with Crippen molar-refractivity contribution in [2.75, 3.05) is 18.9 Å². The van der Waals surface area contributed by atoms with Gasteiger partial charge in [0.2, 0.25) is 0 Å². The first-order valence-electron chi connectivity index (χ1n) is 7.04. The molecular weight excluding hydrogens is 333 g/mol. The van der Waals surface area contributed by atoms with Gasteiger partial charge < -0.3 is 10.2 Å². The lowest BCUT2D eigenvalue weighted by Gasteiger charge is -2.15. The number of para-hydroxylation sites is 1. The van der Waals surface area contributed by atoms with Crippen LogP contribution in [-0.2, 0) is 11.3 Å². The summed E-state index contributed by atoms with van der Waals surface area (Å²) in [5, 5.41) is 12.4. The molecule has 0 fully saturated rings. The van der Waals surface area contributed by atoms with Crippen LogP contribution < -0.4 is 10.2 Å². The van der Waals surface area contributed by atoms with Gasteiger partial charge >= 0.3 is 0 Å². The summed E-state index contributed by atoms with van der Waals surface area (Å²) in [5.41, 5.74) is 2.12. The average molecular weight is 349 g/mol. The highest BCUT2D eigenvalue weighted by Crippen LogP contribution is 2.29. The molecule has 0 aliphatic carbocycles. The molecule has 2 aromatic rings. The first-order chi connectivity index (χ1) is 11.0. The summed E-state index contributed by atoms with van der Waals surface area (Å²) in [6.45, 7) is 0.955. The van der Waals surface area contributed by atoms with Crippen LogP contribution in [0.15, 0.2) is 42.5 Å². The van der Waals surface area contributed by atoms with Crippen molar-refractivity contribution >= 4 is 34.8 Å². The molecule has 0 aromatic heterocycles. The molecule has 4 nitrogen and oxygen atoms in total. The topological polar surface area (TPSA) is 57.3 Å². The fourth-order valence-corrected chi connectivity index (χ4v) is 2.67. The van der Waals surface area contributed by atoms with Gasteiger partial charge in [-0.3, -0.25) is 4.79 Å². The zero-order valence-corrected chi connectivity index (χ0v) is 14.1. The number of likely N-dealkylation sites (N-methyl/N-ethyl adjacent to an activating group) is 1. The Morgan fingerprint density at radius 1 is 1.17 bits per heavy atom. The van der Waals surface area contributed by atoms with Crippen molar-refractivity contribution in [2.24, 2.45) is 0 Å². The van der Waals surface area contributed by atoms with Gasteiger partial charge in [-0.2, -0.15) is 5.26 Å². The summed E-state index contributed by atoms with van der Waals surface area (Å²) >= 11 is 12.1. The number of halogens is 2. The SMILES string of the molecule is C[NH+](CC(=O)Nc1c(Cl)cccc1Cl)Cc1ccc(C#N)cc1. The van der Waals surface area contributed by atoms with Crippen molar-refractivity contribution in [3.63, 3.8) is 0 Å². The van der Waals surface area contributed by atoms with Crippen molar-refractivity contribution in [2.45, 2.75) is 6.54 Å². The van der Waals surface area contributed by atoms with Gasteiger partial charge in [-0.25, -0.2) is 0 Å². The highest BCUT2D eigenvalue weighted by Gasteiger charge is 2.14. The molecule has 2 aromatic carbocycles. The predicted octanol–water partition coefficient (Wildman–Crippen LogP) is 2.52. The highest BCUT2D eigenvalue weighted by molar-refractivity contribution is 6.39. The number of hydrogen-bond donors (Lipinski definition) is 2. The first-order valence-corrected chi connectivity index (χ1v) is 7.79. The highest BCUT2D eigenvalue weighted by atomic mass is 35.5. The Labute approximate surface area is 145 Å². The van der Waals surface area contributed by atoms with Crippen LogP contribution in [0, 0.1) is 11.3 Å². The summed E-state index contributed by atoms with van der Waals surface area (Å²) in [5.74, 6) is -0.161. The zero-order chi connectivity index (χ0) is 16.8. The number of carbonyl (C=O) groups is 1. The minimum absolute atomic E-state index is 0.161. The molecule has 0 aliphatic heterocycles. The van der Waals surface area contributed by atoms with Gasteiger partial charge in [-0.1, -0.05) is 41.4 Å².